The van der Waals surface area contributed by atoms with Crippen LogP contribution in [-0.2, 0) is 4.79 Å². The summed E-state index contributed by atoms with van der Waals surface area (Å²) in [4.78, 5) is 11.9. The van der Waals surface area contributed by atoms with Crippen molar-refractivity contribution in [1.82, 2.24) is 10.6 Å². The van der Waals surface area contributed by atoms with Crippen LogP contribution in [0.15, 0.2) is 24.3 Å². The van der Waals surface area contributed by atoms with Crippen molar-refractivity contribution in [2.24, 2.45) is 0 Å². The molecule has 4 heteroatoms. The first-order valence-corrected chi connectivity index (χ1v) is 7.81. The van der Waals surface area contributed by atoms with Gasteiger partial charge in [-0.3, -0.25) is 4.79 Å². The lowest BCUT2D eigenvalue weighted by atomic mass is 9.95. The molecule has 1 aliphatic rings. The van der Waals surface area contributed by atoms with Gasteiger partial charge in [0.05, 0.1) is 6.54 Å². The summed E-state index contributed by atoms with van der Waals surface area (Å²) < 4.78 is 0. The van der Waals surface area contributed by atoms with Crippen LogP contribution in [0.1, 0.15) is 50.6 Å². The van der Waals surface area contributed by atoms with E-state index in [4.69, 9.17) is 11.6 Å². The fourth-order valence-corrected chi connectivity index (χ4v) is 2.86. The number of amides is 1. The van der Waals surface area contributed by atoms with Gasteiger partial charge in [0.2, 0.25) is 5.91 Å². The Hall–Kier alpha value is -1.06. The second kappa shape index (κ2) is 7.65. The molecule has 0 aromatic heterocycles. The fourth-order valence-electron chi connectivity index (χ4n) is 2.67. The fraction of sp³-hybridized carbons (Fsp3) is 0.562. The van der Waals surface area contributed by atoms with E-state index in [1.165, 1.54) is 19.3 Å². The molecule has 0 aliphatic heterocycles. The summed E-state index contributed by atoms with van der Waals surface area (Å²) in [6.07, 6.45) is 6.01. The number of nitrogens with one attached hydrogen (secondary N) is 2. The Morgan fingerprint density at radius 2 is 2.10 bits per heavy atom. The molecule has 20 heavy (non-hydrogen) atoms. The summed E-state index contributed by atoms with van der Waals surface area (Å²) in [7, 11) is 0. The van der Waals surface area contributed by atoms with Crippen LogP contribution in [0.3, 0.4) is 0 Å². The Kier molecular flexibility index (Phi) is 5.86. The predicted molar refractivity (Wildman–Crippen MR) is 82.9 cm³/mol. The third-order valence-corrected chi connectivity index (χ3v) is 4.12. The standard InChI is InChI=1S/C16H23ClN2O/c1-12(13-6-5-7-14(17)10-13)18-11-16(20)19-15-8-3-2-4-9-15/h5-7,10,12,15,18H,2-4,8-9,11H2,1H3,(H,19,20)/t12-/m0/s1. The van der Waals surface area contributed by atoms with E-state index in [-0.39, 0.29) is 11.9 Å². The van der Waals surface area contributed by atoms with Crippen LogP contribution in [0.5, 0.6) is 0 Å². The van der Waals surface area contributed by atoms with E-state index in [0.29, 0.717) is 12.6 Å². The summed E-state index contributed by atoms with van der Waals surface area (Å²) in [5.74, 6) is 0.0887. The van der Waals surface area contributed by atoms with E-state index >= 15 is 0 Å². The molecule has 0 heterocycles. The minimum absolute atomic E-state index is 0.0887. The summed E-state index contributed by atoms with van der Waals surface area (Å²) >= 11 is 5.97. The number of halogens is 1. The topological polar surface area (TPSA) is 41.1 Å². The van der Waals surface area contributed by atoms with E-state index < -0.39 is 0 Å². The van der Waals surface area contributed by atoms with Crippen molar-refractivity contribution < 1.29 is 4.79 Å². The van der Waals surface area contributed by atoms with Crippen LogP contribution < -0.4 is 10.6 Å². The van der Waals surface area contributed by atoms with Crippen LogP contribution in [0.4, 0.5) is 0 Å². The molecule has 2 N–H and O–H groups in total. The Morgan fingerprint density at radius 3 is 2.80 bits per heavy atom. The lowest BCUT2D eigenvalue weighted by Crippen LogP contribution is -2.41. The number of rotatable bonds is 5. The van der Waals surface area contributed by atoms with Gasteiger partial charge in [0.1, 0.15) is 0 Å². The molecule has 110 valence electrons. The minimum Gasteiger partial charge on any atom is -0.352 e. The van der Waals surface area contributed by atoms with E-state index in [1.807, 2.05) is 31.2 Å². The van der Waals surface area contributed by atoms with Gasteiger partial charge in [-0.1, -0.05) is 43.0 Å². The van der Waals surface area contributed by atoms with Gasteiger partial charge < -0.3 is 10.6 Å². The lowest BCUT2D eigenvalue weighted by molar-refractivity contribution is -0.121. The Labute approximate surface area is 126 Å². The first kappa shape index (κ1) is 15.3. The molecule has 1 aliphatic carbocycles. The first-order valence-electron chi connectivity index (χ1n) is 7.43. The van der Waals surface area contributed by atoms with Gasteiger partial charge >= 0.3 is 0 Å². The highest BCUT2D eigenvalue weighted by atomic mass is 35.5. The van der Waals surface area contributed by atoms with Crippen molar-refractivity contribution >= 4 is 17.5 Å². The third-order valence-electron chi connectivity index (χ3n) is 3.89. The number of carbonyl (C=O) groups is 1. The second-order valence-corrected chi connectivity index (χ2v) is 6.00. The molecule has 1 amide bonds. The van der Waals surface area contributed by atoms with E-state index in [0.717, 1.165) is 23.4 Å². The van der Waals surface area contributed by atoms with E-state index in [9.17, 15) is 4.79 Å². The lowest BCUT2D eigenvalue weighted by Gasteiger charge is -2.23. The predicted octanol–water partition coefficient (Wildman–Crippen LogP) is 3.44. The molecule has 1 aromatic rings. The van der Waals surface area contributed by atoms with Crippen molar-refractivity contribution in [3.05, 3.63) is 34.9 Å². The van der Waals surface area contributed by atoms with Crippen LogP contribution >= 0.6 is 11.6 Å². The maximum absolute atomic E-state index is 11.9. The summed E-state index contributed by atoms with van der Waals surface area (Å²) in [6, 6.07) is 8.22. The van der Waals surface area contributed by atoms with Gasteiger partial charge in [-0.25, -0.2) is 0 Å². The van der Waals surface area contributed by atoms with E-state index in [2.05, 4.69) is 10.6 Å². The molecule has 1 atom stereocenters. The van der Waals surface area contributed by atoms with E-state index in [1.54, 1.807) is 0 Å². The van der Waals surface area contributed by atoms with Crippen molar-refractivity contribution in [2.75, 3.05) is 6.54 Å². The molecule has 2 rings (SSSR count). The van der Waals surface area contributed by atoms with Crippen molar-refractivity contribution in [2.45, 2.75) is 51.1 Å². The van der Waals surface area contributed by atoms with Crippen molar-refractivity contribution in [3.8, 4) is 0 Å². The molecule has 1 aromatic carbocycles. The quantitative estimate of drug-likeness (QED) is 0.873. The normalized spacial score (nSPS) is 17.7. The molecule has 0 spiro atoms. The second-order valence-electron chi connectivity index (χ2n) is 5.56. The van der Waals surface area contributed by atoms with Crippen LogP contribution in [-0.4, -0.2) is 18.5 Å². The Bertz CT molecular complexity index is 444. The zero-order valence-corrected chi connectivity index (χ0v) is 12.7. The highest BCUT2D eigenvalue weighted by Crippen LogP contribution is 2.18. The number of carbonyl (C=O) groups excluding carboxylic acids is 1. The average molecular weight is 295 g/mol. The number of hydrogen-bond acceptors (Lipinski definition) is 2. The zero-order valence-electron chi connectivity index (χ0n) is 12.0. The van der Waals surface area contributed by atoms with Gasteiger partial charge in [0, 0.05) is 17.1 Å². The van der Waals surface area contributed by atoms with Crippen LogP contribution in [0.25, 0.3) is 0 Å². The maximum Gasteiger partial charge on any atom is 0.234 e. The maximum atomic E-state index is 11.9. The van der Waals surface area contributed by atoms with Crippen LogP contribution in [0.2, 0.25) is 5.02 Å². The molecule has 0 saturated heterocycles. The zero-order chi connectivity index (χ0) is 14.4. The van der Waals surface area contributed by atoms with Gasteiger partial charge in [0.15, 0.2) is 0 Å². The molecule has 0 radical (unpaired) electrons. The minimum atomic E-state index is 0.0887. The first-order chi connectivity index (χ1) is 9.65. The molecule has 1 fully saturated rings. The van der Waals surface area contributed by atoms with Crippen molar-refractivity contribution in [3.63, 3.8) is 0 Å². The summed E-state index contributed by atoms with van der Waals surface area (Å²) in [6.45, 7) is 2.39. The monoisotopic (exact) mass is 294 g/mol. The number of benzene rings is 1. The highest BCUT2D eigenvalue weighted by molar-refractivity contribution is 6.30. The molecule has 0 bridgehead atoms. The average Bonchev–Trinajstić information content (AvgIpc) is 2.46. The molecule has 0 unspecified atom stereocenters. The van der Waals surface area contributed by atoms with Crippen LogP contribution in [0, 0.1) is 0 Å². The smallest absolute Gasteiger partial charge is 0.234 e. The van der Waals surface area contributed by atoms with Gasteiger partial charge in [-0.2, -0.15) is 0 Å². The molecular weight excluding hydrogens is 272 g/mol. The largest absolute Gasteiger partial charge is 0.352 e. The molecular formula is C16H23ClN2O. The summed E-state index contributed by atoms with van der Waals surface area (Å²) in [5, 5.41) is 7.08. The highest BCUT2D eigenvalue weighted by Gasteiger charge is 2.16. The third kappa shape index (κ3) is 4.80. The van der Waals surface area contributed by atoms with Gasteiger partial charge in [0.25, 0.3) is 0 Å². The van der Waals surface area contributed by atoms with Gasteiger partial charge in [-0.05, 0) is 37.5 Å². The van der Waals surface area contributed by atoms with Crippen molar-refractivity contribution in [1.29, 1.82) is 0 Å². The SMILES string of the molecule is C[C@H](NCC(=O)NC1CCCCC1)c1cccc(Cl)c1. The van der Waals surface area contributed by atoms with Gasteiger partial charge in [-0.15, -0.1) is 0 Å². The molecule has 1 saturated carbocycles. The Balaban J connectivity index is 1.75. The Morgan fingerprint density at radius 1 is 1.35 bits per heavy atom. The molecule has 3 nitrogen and oxygen atoms in total. The number of hydrogen-bond donors (Lipinski definition) is 2. The summed E-state index contributed by atoms with van der Waals surface area (Å²) in [5.41, 5.74) is 1.10.